The Hall–Kier alpha value is -0.980. The molecule has 1 aliphatic carbocycles. The maximum Gasteiger partial charge on any atom is 0.119 e. The predicted molar refractivity (Wildman–Crippen MR) is 61.1 cm³/mol. The van der Waals surface area contributed by atoms with Crippen LogP contribution in [0.1, 0.15) is 44.2 Å². The summed E-state index contributed by atoms with van der Waals surface area (Å²) >= 11 is 0. The molecule has 78 valence electrons. The molecule has 0 radical (unpaired) electrons. The average molecular weight is 192 g/mol. The zero-order valence-corrected chi connectivity index (χ0v) is 9.63. The smallest absolute Gasteiger partial charge is 0.119 e. The lowest BCUT2D eigenvalue weighted by atomic mass is 10.0. The Morgan fingerprint density at radius 1 is 1.29 bits per heavy atom. The molecule has 1 atom stereocenters. The second kappa shape index (κ2) is 5.04. The Morgan fingerprint density at radius 2 is 2.00 bits per heavy atom. The molecule has 0 saturated heterocycles. The van der Waals surface area contributed by atoms with Crippen molar-refractivity contribution in [1.82, 2.24) is 0 Å². The molecule has 0 heterocycles. The van der Waals surface area contributed by atoms with Crippen LogP contribution in [0.5, 0.6) is 5.75 Å². The number of benzene rings is 1. The molecule has 1 aromatic rings. The van der Waals surface area contributed by atoms with Crippen molar-refractivity contribution >= 4 is 0 Å². The summed E-state index contributed by atoms with van der Waals surface area (Å²) < 4.78 is 5.19. The van der Waals surface area contributed by atoms with Gasteiger partial charge in [-0.05, 0) is 42.0 Å². The average Bonchev–Trinajstić information content (AvgIpc) is 2.63. The van der Waals surface area contributed by atoms with Crippen LogP contribution in [-0.4, -0.2) is 7.11 Å². The highest BCUT2D eigenvalue weighted by Crippen LogP contribution is 2.34. The van der Waals surface area contributed by atoms with Crippen molar-refractivity contribution in [3.63, 3.8) is 0 Å². The van der Waals surface area contributed by atoms with Gasteiger partial charge in [0.25, 0.3) is 0 Å². The molecular weight excluding hydrogens is 172 g/mol. The van der Waals surface area contributed by atoms with E-state index >= 15 is 0 Å². The van der Waals surface area contributed by atoms with Gasteiger partial charge in [-0.15, -0.1) is 0 Å². The third-order valence-corrected chi connectivity index (χ3v) is 2.73. The first-order chi connectivity index (χ1) is 6.81. The van der Waals surface area contributed by atoms with E-state index in [1.54, 1.807) is 7.11 Å². The van der Waals surface area contributed by atoms with E-state index < -0.39 is 0 Å². The molecule has 0 fully saturated rings. The maximum atomic E-state index is 5.19. The summed E-state index contributed by atoms with van der Waals surface area (Å²) in [5.74, 6) is 1.71. The van der Waals surface area contributed by atoms with Crippen molar-refractivity contribution in [1.29, 1.82) is 0 Å². The first kappa shape index (κ1) is 11.1. The molecule has 0 amide bonds. The predicted octanol–water partition coefficient (Wildman–Crippen LogP) is 3.77. The van der Waals surface area contributed by atoms with Crippen molar-refractivity contribution in [3.05, 3.63) is 29.3 Å². The molecule has 1 unspecified atom stereocenters. The van der Waals surface area contributed by atoms with Gasteiger partial charge in [0.05, 0.1) is 7.11 Å². The van der Waals surface area contributed by atoms with E-state index in [0.29, 0.717) is 0 Å². The zero-order valence-electron chi connectivity index (χ0n) is 9.63. The van der Waals surface area contributed by atoms with Crippen LogP contribution < -0.4 is 4.74 Å². The topological polar surface area (TPSA) is 9.23 Å². The van der Waals surface area contributed by atoms with Crippen LogP contribution in [0.2, 0.25) is 0 Å². The summed E-state index contributed by atoms with van der Waals surface area (Å²) in [4.78, 5) is 0. The number of fused-ring (bicyclic) bond motifs is 1. The Labute approximate surface area is 87.1 Å². The number of methoxy groups -OCH3 is 1. The molecule has 14 heavy (non-hydrogen) atoms. The van der Waals surface area contributed by atoms with Gasteiger partial charge in [-0.2, -0.15) is 0 Å². The second-order valence-corrected chi connectivity index (χ2v) is 3.50. The molecule has 2 rings (SSSR count). The molecule has 0 aliphatic heterocycles. The molecule has 0 spiro atoms. The van der Waals surface area contributed by atoms with E-state index in [2.05, 4.69) is 25.1 Å². The molecule has 0 aromatic heterocycles. The van der Waals surface area contributed by atoms with E-state index in [-0.39, 0.29) is 0 Å². The van der Waals surface area contributed by atoms with Gasteiger partial charge in [0.1, 0.15) is 5.75 Å². The van der Waals surface area contributed by atoms with Gasteiger partial charge in [-0.3, -0.25) is 0 Å². The minimum Gasteiger partial charge on any atom is -0.497 e. The highest BCUT2D eigenvalue weighted by atomic mass is 16.5. The van der Waals surface area contributed by atoms with Crippen LogP contribution in [-0.2, 0) is 6.42 Å². The fraction of sp³-hybridized carbons (Fsp3) is 0.538. The lowest BCUT2D eigenvalue weighted by molar-refractivity contribution is 0.414. The molecule has 0 bridgehead atoms. The number of rotatable bonds is 1. The SMILES string of the molecule is CC.COc1ccc2c(c1)C(C)CC2. The lowest BCUT2D eigenvalue weighted by Crippen LogP contribution is -1.89. The number of hydrogen-bond donors (Lipinski definition) is 0. The summed E-state index contributed by atoms with van der Waals surface area (Å²) in [6.45, 7) is 6.28. The van der Waals surface area contributed by atoms with E-state index in [4.69, 9.17) is 4.74 Å². The van der Waals surface area contributed by atoms with Gasteiger partial charge >= 0.3 is 0 Å². The first-order valence-electron chi connectivity index (χ1n) is 5.48. The third kappa shape index (κ3) is 2.09. The van der Waals surface area contributed by atoms with Crippen molar-refractivity contribution in [3.8, 4) is 5.75 Å². The van der Waals surface area contributed by atoms with Crippen LogP contribution in [0.15, 0.2) is 18.2 Å². The monoisotopic (exact) mass is 192 g/mol. The molecule has 1 aromatic carbocycles. The molecule has 0 N–H and O–H groups in total. The van der Waals surface area contributed by atoms with Gasteiger partial charge < -0.3 is 4.74 Å². The summed E-state index contributed by atoms with van der Waals surface area (Å²) in [5, 5.41) is 0. The molecule has 1 heteroatoms. The highest BCUT2D eigenvalue weighted by Gasteiger charge is 2.18. The minimum atomic E-state index is 0.718. The largest absolute Gasteiger partial charge is 0.497 e. The van der Waals surface area contributed by atoms with Gasteiger partial charge in [-0.25, -0.2) is 0 Å². The van der Waals surface area contributed by atoms with E-state index in [1.807, 2.05) is 13.8 Å². The standard InChI is InChI=1S/C11H14O.C2H6/c1-8-3-4-9-5-6-10(12-2)7-11(8)9;1-2/h5-8H,3-4H2,1-2H3;1-2H3. The lowest BCUT2D eigenvalue weighted by Gasteiger charge is -2.06. The Bertz CT molecular complexity index is 291. The summed E-state index contributed by atoms with van der Waals surface area (Å²) in [5.41, 5.74) is 2.98. The minimum absolute atomic E-state index is 0.718. The maximum absolute atomic E-state index is 5.19. The van der Waals surface area contributed by atoms with Gasteiger partial charge in [0, 0.05) is 0 Å². The van der Waals surface area contributed by atoms with Gasteiger partial charge in [0.2, 0.25) is 0 Å². The van der Waals surface area contributed by atoms with Crippen molar-refractivity contribution in [2.45, 2.75) is 39.5 Å². The van der Waals surface area contributed by atoms with Crippen LogP contribution >= 0.6 is 0 Å². The van der Waals surface area contributed by atoms with Crippen molar-refractivity contribution < 1.29 is 4.74 Å². The third-order valence-electron chi connectivity index (χ3n) is 2.73. The number of ether oxygens (including phenoxy) is 1. The Kier molecular flexibility index (Phi) is 3.99. The summed E-state index contributed by atoms with van der Waals surface area (Å²) in [7, 11) is 1.72. The van der Waals surface area contributed by atoms with Crippen molar-refractivity contribution in [2.24, 2.45) is 0 Å². The molecule has 1 aliphatic rings. The quantitative estimate of drug-likeness (QED) is 0.658. The Morgan fingerprint density at radius 3 is 2.64 bits per heavy atom. The van der Waals surface area contributed by atoms with Crippen LogP contribution in [0, 0.1) is 0 Å². The zero-order chi connectivity index (χ0) is 10.6. The summed E-state index contributed by atoms with van der Waals surface area (Å²) in [6, 6.07) is 6.42. The molecule has 0 saturated carbocycles. The van der Waals surface area contributed by atoms with Gasteiger partial charge in [0.15, 0.2) is 0 Å². The van der Waals surface area contributed by atoms with Crippen molar-refractivity contribution in [2.75, 3.05) is 7.11 Å². The van der Waals surface area contributed by atoms with Gasteiger partial charge in [-0.1, -0.05) is 26.8 Å². The normalized spacial score (nSPS) is 18.1. The molecule has 1 nitrogen and oxygen atoms in total. The number of hydrogen-bond acceptors (Lipinski definition) is 1. The fourth-order valence-corrected chi connectivity index (χ4v) is 1.91. The fourth-order valence-electron chi connectivity index (χ4n) is 1.91. The van der Waals surface area contributed by atoms with E-state index in [0.717, 1.165) is 11.7 Å². The summed E-state index contributed by atoms with van der Waals surface area (Å²) in [6.07, 6.45) is 2.53. The van der Waals surface area contributed by atoms with Crippen LogP contribution in [0.25, 0.3) is 0 Å². The Balaban J connectivity index is 0.000000461. The van der Waals surface area contributed by atoms with E-state index in [9.17, 15) is 0 Å². The first-order valence-corrected chi connectivity index (χ1v) is 5.48. The highest BCUT2D eigenvalue weighted by molar-refractivity contribution is 5.40. The molecular formula is C13H20O. The van der Waals surface area contributed by atoms with Crippen LogP contribution in [0.3, 0.4) is 0 Å². The number of aryl methyl sites for hydroxylation is 1. The van der Waals surface area contributed by atoms with Crippen LogP contribution in [0.4, 0.5) is 0 Å². The van der Waals surface area contributed by atoms with E-state index in [1.165, 1.54) is 24.0 Å². The second-order valence-electron chi connectivity index (χ2n) is 3.50.